The molecule has 1 aliphatic heterocycles. The Morgan fingerprint density at radius 3 is 2.43 bits per heavy atom. The fourth-order valence-electron chi connectivity index (χ4n) is 3.42. The van der Waals surface area contributed by atoms with Gasteiger partial charge in [0.05, 0.1) is 6.42 Å². The second-order valence-electron chi connectivity index (χ2n) is 6.34. The molecule has 3 aromatic rings. The van der Waals surface area contributed by atoms with Gasteiger partial charge in [0.15, 0.2) is 0 Å². The van der Waals surface area contributed by atoms with Crippen LogP contribution in [0.3, 0.4) is 0 Å². The van der Waals surface area contributed by atoms with Gasteiger partial charge < -0.3 is 4.74 Å². The van der Waals surface area contributed by atoms with Gasteiger partial charge in [0.2, 0.25) is 0 Å². The van der Waals surface area contributed by atoms with Crippen molar-refractivity contribution in [2.24, 2.45) is 0 Å². The molecule has 0 aliphatic carbocycles. The van der Waals surface area contributed by atoms with Crippen molar-refractivity contribution in [3.8, 4) is 5.75 Å². The van der Waals surface area contributed by atoms with E-state index in [0.717, 1.165) is 5.56 Å². The van der Waals surface area contributed by atoms with Crippen LogP contribution in [-0.2, 0) is 4.79 Å². The lowest BCUT2D eigenvalue weighted by Gasteiger charge is -2.26. The van der Waals surface area contributed by atoms with Crippen LogP contribution in [-0.4, -0.2) is 5.97 Å². The first-order valence-electron chi connectivity index (χ1n) is 7.92. The molecule has 1 aliphatic rings. The van der Waals surface area contributed by atoms with Gasteiger partial charge in [-0.15, -0.1) is 0 Å². The molecule has 2 heteroatoms. The van der Waals surface area contributed by atoms with Gasteiger partial charge in [-0.25, -0.2) is 0 Å². The molecule has 0 N–H and O–H groups in total. The van der Waals surface area contributed by atoms with Crippen LogP contribution in [0.15, 0.2) is 54.6 Å². The molecule has 23 heavy (non-hydrogen) atoms. The topological polar surface area (TPSA) is 26.3 Å². The summed E-state index contributed by atoms with van der Waals surface area (Å²) in [7, 11) is 0. The number of esters is 1. The van der Waals surface area contributed by atoms with Crippen molar-refractivity contribution >= 4 is 16.7 Å². The molecule has 3 aromatic carbocycles. The average Bonchev–Trinajstić information content (AvgIpc) is 2.54. The number of ether oxygens (including phenoxy) is 1. The van der Waals surface area contributed by atoms with Crippen LogP contribution in [0, 0.1) is 13.8 Å². The zero-order valence-electron chi connectivity index (χ0n) is 13.3. The first kappa shape index (κ1) is 14.0. The number of fused-ring (bicyclic) bond motifs is 3. The highest BCUT2D eigenvalue weighted by atomic mass is 16.5. The third kappa shape index (κ3) is 2.40. The van der Waals surface area contributed by atoms with E-state index in [0.29, 0.717) is 12.2 Å². The maximum absolute atomic E-state index is 12.0. The van der Waals surface area contributed by atoms with E-state index >= 15 is 0 Å². The van der Waals surface area contributed by atoms with Gasteiger partial charge in [0.25, 0.3) is 0 Å². The number of hydrogen-bond donors (Lipinski definition) is 0. The lowest BCUT2D eigenvalue weighted by atomic mass is 9.83. The van der Waals surface area contributed by atoms with Crippen LogP contribution in [0.1, 0.15) is 34.6 Å². The normalized spacial score (nSPS) is 17.0. The molecule has 0 saturated carbocycles. The molecule has 0 spiro atoms. The Morgan fingerprint density at radius 2 is 1.65 bits per heavy atom. The Morgan fingerprint density at radius 1 is 0.913 bits per heavy atom. The Bertz CT molecular complexity index is 907. The number of hydrogen-bond acceptors (Lipinski definition) is 2. The highest BCUT2D eigenvalue weighted by Crippen LogP contribution is 2.43. The summed E-state index contributed by atoms with van der Waals surface area (Å²) in [4.78, 5) is 12.0. The maximum atomic E-state index is 12.0. The van der Waals surface area contributed by atoms with Gasteiger partial charge in [0.1, 0.15) is 5.75 Å². The molecule has 0 unspecified atom stereocenters. The first-order valence-corrected chi connectivity index (χ1v) is 7.92. The summed E-state index contributed by atoms with van der Waals surface area (Å²) < 4.78 is 5.51. The molecule has 0 radical (unpaired) electrons. The lowest BCUT2D eigenvalue weighted by Crippen LogP contribution is -2.21. The van der Waals surface area contributed by atoms with Crippen molar-refractivity contribution in [1.29, 1.82) is 0 Å². The van der Waals surface area contributed by atoms with Crippen molar-refractivity contribution in [3.63, 3.8) is 0 Å². The fourth-order valence-corrected chi connectivity index (χ4v) is 3.42. The van der Waals surface area contributed by atoms with Gasteiger partial charge in [-0.05, 0) is 36.2 Å². The van der Waals surface area contributed by atoms with Gasteiger partial charge >= 0.3 is 5.97 Å². The summed E-state index contributed by atoms with van der Waals surface area (Å²) in [5.74, 6) is 0.593. The number of rotatable bonds is 1. The molecule has 114 valence electrons. The molecule has 4 rings (SSSR count). The monoisotopic (exact) mass is 302 g/mol. The smallest absolute Gasteiger partial charge is 0.312 e. The summed E-state index contributed by atoms with van der Waals surface area (Å²) in [6.07, 6.45) is 0.392. The molecule has 0 bridgehead atoms. The third-order valence-electron chi connectivity index (χ3n) is 4.60. The van der Waals surface area contributed by atoms with Gasteiger partial charge in [0, 0.05) is 11.5 Å². The van der Waals surface area contributed by atoms with E-state index in [-0.39, 0.29) is 11.9 Å². The predicted molar refractivity (Wildman–Crippen MR) is 92.0 cm³/mol. The summed E-state index contributed by atoms with van der Waals surface area (Å²) in [5, 5.41) is 2.37. The first-order chi connectivity index (χ1) is 11.1. The second kappa shape index (κ2) is 5.24. The molecule has 0 fully saturated rings. The summed E-state index contributed by atoms with van der Waals surface area (Å²) in [6, 6.07) is 18.8. The highest BCUT2D eigenvalue weighted by molar-refractivity contribution is 5.92. The minimum atomic E-state index is -0.158. The van der Waals surface area contributed by atoms with Crippen LogP contribution in [0.4, 0.5) is 0 Å². The number of carbonyl (C=O) groups is 1. The van der Waals surface area contributed by atoms with Crippen molar-refractivity contribution in [3.05, 3.63) is 76.9 Å². The van der Waals surface area contributed by atoms with E-state index in [2.05, 4.69) is 56.3 Å². The largest absolute Gasteiger partial charge is 0.426 e. The molecule has 0 saturated heterocycles. The molecular weight excluding hydrogens is 284 g/mol. The number of aryl methyl sites for hydroxylation is 2. The van der Waals surface area contributed by atoms with Crippen LogP contribution >= 0.6 is 0 Å². The summed E-state index contributed by atoms with van der Waals surface area (Å²) in [5.41, 5.74) is 4.76. The predicted octanol–water partition coefficient (Wildman–Crippen LogP) is 4.90. The van der Waals surface area contributed by atoms with E-state index in [9.17, 15) is 4.79 Å². The van der Waals surface area contributed by atoms with Gasteiger partial charge in [-0.3, -0.25) is 4.79 Å². The Balaban J connectivity index is 1.96. The van der Waals surface area contributed by atoms with Crippen molar-refractivity contribution in [2.75, 3.05) is 0 Å². The maximum Gasteiger partial charge on any atom is 0.312 e. The zero-order valence-corrected chi connectivity index (χ0v) is 13.3. The molecule has 1 heterocycles. The molecule has 0 aromatic heterocycles. The molecular formula is C21H18O2. The lowest BCUT2D eigenvalue weighted by molar-refractivity contribution is -0.135. The van der Waals surface area contributed by atoms with E-state index in [1.165, 1.54) is 27.5 Å². The molecule has 0 amide bonds. The average molecular weight is 302 g/mol. The SMILES string of the molecule is Cc1ccc([C@@H]2CC(=O)Oc3ccc4cc(C)ccc4c32)cc1. The molecule has 2 nitrogen and oxygen atoms in total. The zero-order chi connectivity index (χ0) is 16.0. The molecule has 1 atom stereocenters. The van der Waals surface area contributed by atoms with Crippen molar-refractivity contribution < 1.29 is 9.53 Å². The highest BCUT2D eigenvalue weighted by Gasteiger charge is 2.30. The minimum Gasteiger partial charge on any atom is -0.426 e. The summed E-state index contributed by atoms with van der Waals surface area (Å²) >= 11 is 0. The van der Waals surface area contributed by atoms with E-state index in [4.69, 9.17) is 4.74 Å². The van der Waals surface area contributed by atoms with E-state index in [1.54, 1.807) is 0 Å². The fraction of sp³-hybridized carbons (Fsp3) is 0.190. The van der Waals surface area contributed by atoms with Crippen LogP contribution in [0.2, 0.25) is 0 Å². The van der Waals surface area contributed by atoms with E-state index < -0.39 is 0 Å². The Labute approximate surface area is 135 Å². The van der Waals surface area contributed by atoms with Crippen molar-refractivity contribution in [1.82, 2.24) is 0 Å². The quantitative estimate of drug-likeness (QED) is 0.472. The van der Waals surface area contributed by atoms with Crippen LogP contribution in [0.5, 0.6) is 5.75 Å². The standard InChI is InChI=1S/C21H18O2/c1-13-3-6-15(7-4-13)18-12-20(22)23-19-10-8-16-11-14(2)5-9-17(16)21(18)19/h3-11,18H,12H2,1-2H3/t18-/m0/s1. The minimum absolute atomic E-state index is 0.0539. The number of benzene rings is 3. The van der Waals surface area contributed by atoms with Crippen LogP contribution in [0.25, 0.3) is 10.8 Å². The van der Waals surface area contributed by atoms with E-state index in [1.807, 2.05) is 12.1 Å². The number of carbonyl (C=O) groups excluding carboxylic acids is 1. The third-order valence-corrected chi connectivity index (χ3v) is 4.60. The van der Waals surface area contributed by atoms with Gasteiger partial charge in [-0.2, -0.15) is 0 Å². The second-order valence-corrected chi connectivity index (χ2v) is 6.34. The Hall–Kier alpha value is -2.61. The van der Waals surface area contributed by atoms with Crippen LogP contribution < -0.4 is 4.74 Å². The van der Waals surface area contributed by atoms with Crippen molar-refractivity contribution in [2.45, 2.75) is 26.2 Å². The summed E-state index contributed by atoms with van der Waals surface area (Å²) in [6.45, 7) is 4.17. The van der Waals surface area contributed by atoms with Gasteiger partial charge in [-0.1, -0.05) is 59.7 Å². The Kier molecular flexibility index (Phi) is 3.19.